The number of carbonyl (C=O) groups excluding carboxylic acids is 2. The first-order valence-electron chi connectivity index (χ1n) is 8.07. The SMILES string of the molecule is O=C(CCC(=O)c1ccccc1)NCc1cccnc1-c1ccco1. The average Bonchev–Trinajstić information content (AvgIpc) is 3.20. The lowest BCUT2D eigenvalue weighted by atomic mass is 10.1. The van der Waals surface area contributed by atoms with Crippen LogP contribution >= 0.6 is 0 Å². The molecule has 0 unspecified atom stereocenters. The van der Waals surface area contributed by atoms with Crippen LogP contribution in [0.4, 0.5) is 0 Å². The van der Waals surface area contributed by atoms with Crippen molar-refractivity contribution in [3.63, 3.8) is 0 Å². The Hall–Kier alpha value is -3.21. The molecule has 0 aliphatic heterocycles. The monoisotopic (exact) mass is 334 g/mol. The van der Waals surface area contributed by atoms with Crippen LogP contribution in [0.25, 0.3) is 11.5 Å². The molecule has 0 bridgehead atoms. The first kappa shape index (κ1) is 16.6. The van der Waals surface area contributed by atoms with E-state index < -0.39 is 0 Å². The van der Waals surface area contributed by atoms with Crippen LogP contribution in [0.15, 0.2) is 71.5 Å². The summed E-state index contributed by atoms with van der Waals surface area (Å²) < 4.78 is 5.38. The van der Waals surface area contributed by atoms with E-state index in [1.807, 2.05) is 36.4 Å². The number of benzene rings is 1. The van der Waals surface area contributed by atoms with Crippen LogP contribution in [-0.2, 0) is 11.3 Å². The highest BCUT2D eigenvalue weighted by Crippen LogP contribution is 2.21. The van der Waals surface area contributed by atoms with Crippen molar-refractivity contribution in [3.05, 3.63) is 78.2 Å². The summed E-state index contributed by atoms with van der Waals surface area (Å²) in [6.45, 7) is 0.336. The Morgan fingerprint density at radius 2 is 1.80 bits per heavy atom. The second kappa shape index (κ2) is 8.06. The lowest BCUT2D eigenvalue weighted by Gasteiger charge is -2.08. The van der Waals surface area contributed by atoms with Gasteiger partial charge in [0.15, 0.2) is 11.5 Å². The zero-order valence-electron chi connectivity index (χ0n) is 13.6. The van der Waals surface area contributed by atoms with Gasteiger partial charge in [0.25, 0.3) is 0 Å². The number of carbonyl (C=O) groups is 2. The van der Waals surface area contributed by atoms with Gasteiger partial charge in [0.1, 0.15) is 5.69 Å². The molecule has 1 N–H and O–H groups in total. The summed E-state index contributed by atoms with van der Waals surface area (Å²) in [5.41, 5.74) is 2.19. The molecule has 0 spiro atoms. The maximum absolute atomic E-state index is 12.0. The first-order chi connectivity index (χ1) is 12.2. The van der Waals surface area contributed by atoms with E-state index in [2.05, 4.69) is 10.3 Å². The van der Waals surface area contributed by atoms with Gasteiger partial charge in [0.2, 0.25) is 5.91 Å². The summed E-state index contributed by atoms with van der Waals surface area (Å²) in [7, 11) is 0. The number of pyridine rings is 1. The Balaban J connectivity index is 1.54. The Morgan fingerprint density at radius 3 is 2.56 bits per heavy atom. The molecule has 5 nitrogen and oxygen atoms in total. The zero-order valence-corrected chi connectivity index (χ0v) is 13.6. The summed E-state index contributed by atoms with van der Waals surface area (Å²) in [6.07, 6.45) is 3.61. The minimum atomic E-state index is -0.168. The van der Waals surface area contributed by atoms with Gasteiger partial charge in [-0.1, -0.05) is 36.4 Å². The van der Waals surface area contributed by atoms with Gasteiger partial charge in [-0.25, -0.2) is 0 Å². The van der Waals surface area contributed by atoms with Crippen LogP contribution in [0.3, 0.4) is 0 Å². The molecule has 3 aromatic rings. The van der Waals surface area contributed by atoms with Crippen molar-refractivity contribution in [2.75, 3.05) is 0 Å². The van der Waals surface area contributed by atoms with E-state index in [4.69, 9.17) is 4.42 Å². The Morgan fingerprint density at radius 1 is 0.960 bits per heavy atom. The molecule has 0 atom stereocenters. The Labute approximate surface area is 145 Å². The van der Waals surface area contributed by atoms with E-state index in [1.54, 1.807) is 30.7 Å². The normalized spacial score (nSPS) is 10.4. The molecule has 3 rings (SSSR count). The number of aromatic nitrogens is 1. The van der Waals surface area contributed by atoms with Gasteiger partial charge in [0, 0.05) is 36.7 Å². The van der Waals surface area contributed by atoms with Crippen molar-refractivity contribution in [1.29, 1.82) is 0 Å². The number of nitrogens with one attached hydrogen (secondary N) is 1. The first-order valence-corrected chi connectivity index (χ1v) is 8.07. The highest BCUT2D eigenvalue weighted by atomic mass is 16.3. The summed E-state index contributed by atoms with van der Waals surface area (Å²) >= 11 is 0. The lowest BCUT2D eigenvalue weighted by molar-refractivity contribution is -0.121. The van der Waals surface area contributed by atoms with Crippen LogP contribution in [0.2, 0.25) is 0 Å². The van der Waals surface area contributed by atoms with Gasteiger partial charge in [-0.3, -0.25) is 14.6 Å². The maximum atomic E-state index is 12.0. The van der Waals surface area contributed by atoms with Gasteiger partial charge < -0.3 is 9.73 Å². The number of Topliss-reactive ketones (excluding diaryl/α,β-unsaturated/α-hetero) is 1. The molecule has 25 heavy (non-hydrogen) atoms. The Kier molecular flexibility index (Phi) is 5.36. The topological polar surface area (TPSA) is 72.2 Å². The highest BCUT2D eigenvalue weighted by molar-refractivity contribution is 5.97. The van der Waals surface area contributed by atoms with Crippen molar-refractivity contribution < 1.29 is 14.0 Å². The van der Waals surface area contributed by atoms with Gasteiger partial charge in [-0.05, 0) is 18.2 Å². The molecule has 0 saturated carbocycles. The van der Waals surface area contributed by atoms with Gasteiger partial charge in [-0.15, -0.1) is 0 Å². The lowest BCUT2D eigenvalue weighted by Crippen LogP contribution is -2.23. The van der Waals surface area contributed by atoms with E-state index in [0.29, 0.717) is 23.6 Å². The van der Waals surface area contributed by atoms with E-state index in [9.17, 15) is 9.59 Å². The van der Waals surface area contributed by atoms with Crippen LogP contribution < -0.4 is 5.32 Å². The summed E-state index contributed by atoms with van der Waals surface area (Å²) in [6, 6.07) is 16.3. The molecule has 0 saturated heterocycles. The fraction of sp³-hybridized carbons (Fsp3) is 0.150. The number of ketones is 1. The molecule has 126 valence electrons. The second-order valence-electron chi connectivity index (χ2n) is 5.55. The number of furan rings is 1. The van der Waals surface area contributed by atoms with E-state index in [1.165, 1.54) is 0 Å². The Bertz CT molecular complexity index is 842. The molecule has 1 aromatic carbocycles. The third kappa shape index (κ3) is 4.41. The van der Waals surface area contributed by atoms with Crippen molar-refractivity contribution in [2.24, 2.45) is 0 Å². The standard InChI is InChI=1S/C20H18N2O3/c23-17(15-6-2-1-3-7-15)10-11-19(24)22-14-16-8-4-12-21-20(16)18-9-5-13-25-18/h1-9,12-13H,10-11,14H2,(H,22,24). The molecule has 1 amide bonds. The maximum Gasteiger partial charge on any atom is 0.220 e. The van der Waals surface area contributed by atoms with Gasteiger partial charge in [-0.2, -0.15) is 0 Å². The number of hydrogen-bond acceptors (Lipinski definition) is 4. The molecule has 2 aromatic heterocycles. The molecule has 2 heterocycles. The fourth-order valence-electron chi connectivity index (χ4n) is 2.49. The van der Waals surface area contributed by atoms with Crippen molar-refractivity contribution in [1.82, 2.24) is 10.3 Å². The van der Waals surface area contributed by atoms with E-state index in [0.717, 1.165) is 5.56 Å². The largest absolute Gasteiger partial charge is 0.463 e. The number of nitrogens with zero attached hydrogens (tertiary/aromatic N) is 1. The fourth-order valence-corrected chi connectivity index (χ4v) is 2.49. The number of rotatable bonds is 7. The predicted octanol–water partition coefficient (Wildman–Crippen LogP) is 3.62. The third-order valence-corrected chi connectivity index (χ3v) is 3.80. The average molecular weight is 334 g/mol. The molecule has 5 heteroatoms. The predicted molar refractivity (Wildman–Crippen MR) is 93.8 cm³/mol. The summed E-state index contributed by atoms with van der Waals surface area (Å²) in [4.78, 5) is 28.4. The molecular weight excluding hydrogens is 316 g/mol. The number of amides is 1. The van der Waals surface area contributed by atoms with E-state index >= 15 is 0 Å². The van der Waals surface area contributed by atoms with Crippen LogP contribution in [-0.4, -0.2) is 16.7 Å². The summed E-state index contributed by atoms with van der Waals surface area (Å²) in [5.74, 6) is 0.455. The summed E-state index contributed by atoms with van der Waals surface area (Å²) in [5, 5.41) is 2.84. The second-order valence-corrected chi connectivity index (χ2v) is 5.55. The molecular formula is C20H18N2O3. The molecule has 0 fully saturated rings. The van der Waals surface area contributed by atoms with Crippen LogP contribution in [0.5, 0.6) is 0 Å². The molecule has 0 aliphatic carbocycles. The quantitative estimate of drug-likeness (QED) is 0.670. The van der Waals surface area contributed by atoms with Crippen LogP contribution in [0.1, 0.15) is 28.8 Å². The number of hydrogen-bond donors (Lipinski definition) is 1. The zero-order chi connectivity index (χ0) is 17.5. The van der Waals surface area contributed by atoms with Gasteiger partial charge >= 0.3 is 0 Å². The molecule has 0 radical (unpaired) electrons. The van der Waals surface area contributed by atoms with Gasteiger partial charge in [0.05, 0.1) is 6.26 Å². The van der Waals surface area contributed by atoms with E-state index in [-0.39, 0.29) is 24.5 Å². The minimum absolute atomic E-state index is 0.0339. The highest BCUT2D eigenvalue weighted by Gasteiger charge is 2.12. The third-order valence-electron chi connectivity index (χ3n) is 3.80. The minimum Gasteiger partial charge on any atom is -0.463 e. The van der Waals surface area contributed by atoms with Crippen molar-refractivity contribution in [3.8, 4) is 11.5 Å². The van der Waals surface area contributed by atoms with Crippen molar-refractivity contribution in [2.45, 2.75) is 19.4 Å². The van der Waals surface area contributed by atoms with Crippen molar-refractivity contribution >= 4 is 11.7 Å². The van der Waals surface area contributed by atoms with Crippen LogP contribution in [0, 0.1) is 0 Å². The molecule has 0 aliphatic rings. The smallest absolute Gasteiger partial charge is 0.220 e.